The van der Waals surface area contributed by atoms with Crippen LogP contribution in [0.2, 0.25) is 0 Å². The summed E-state index contributed by atoms with van der Waals surface area (Å²) in [4.78, 5) is 11.2. The maximum atomic E-state index is 11.2. The van der Waals surface area contributed by atoms with Crippen molar-refractivity contribution in [2.75, 3.05) is 0 Å². The van der Waals surface area contributed by atoms with Crippen molar-refractivity contribution in [1.29, 1.82) is 0 Å². The third-order valence-corrected chi connectivity index (χ3v) is 2.28. The molecule has 0 aliphatic carbocycles. The molecule has 1 atom stereocenters. The summed E-state index contributed by atoms with van der Waals surface area (Å²) in [6, 6.07) is 9.16. The number of aliphatic carboxylic acids is 1. The second kappa shape index (κ2) is 5.15. The minimum absolute atomic E-state index is 0.617. The highest BCUT2D eigenvalue weighted by atomic mass is 16.4. The number of hydrogen-bond acceptors (Lipinski definition) is 1. The van der Waals surface area contributed by atoms with Gasteiger partial charge in [-0.2, -0.15) is 0 Å². The summed E-state index contributed by atoms with van der Waals surface area (Å²) in [6.07, 6.45) is 3.37. The van der Waals surface area contributed by atoms with Crippen molar-refractivity contribution < 1.29 is 9.90 Å². The predicted molar refractivity (Wildman–Crippen MR) is 60.8 cm³/mol. The maximum Gasteiger partial charge on any atom is 0.315 e. The molecule has 15 heavy (non-hydrogen) atoms. The molecule has 1 rings (SSSR count). The molecule has 0 aliphatic rings. The summed E-state index contributed by atoms with van der Waals surface area (Å²) >= 11 is 0. The van der Waals surface area contributed by atoms with E-state index in [1.807, 2.05) is 37.3 Å². The van der Waals surface area contributed by atoms with Gasteiger partial charge in [-0.15, -0.1) is 0 Å². The first kappa shape index (κ1) is 11.2. The first-order valence-electron chi connectivity index (χ1n) is 4.77. The fourth-order valence-corrected chi connectivity index (χ4v) is 1.53. The second-order valence-corrected chi connectivity index (χ2v) is 3.17. The van der Waals surface area contributed by atoms with Crippen LogP contribution in [0.15, 0.2) is 54.6 Å². The lowest BCUT2D eigenvalue weighted by atomic mass is 9.91. The van der Waals surface area contributed by atoms with Gasteiger partial charge >= 0.3 is 5.97 Å². The van der Waals surface area contributed by atoms with Crippen LogP contribution in [0.25, 0.3) is 0 Å². The number of carboxylic acids is 1. The minimum atomic E-state index is -0.853. The molecule has 2 heteroatoms. The first-order valence-corrected chi connectivity index (χ1v) is 4.77. The van der Waals surface area contributed by atoms with Gasteiger partial charge in [0.15, 0.2) is 0 Å². The Morgan fingerprint density at radius 2 is 2.00 bits per heavy atom. The van der Waals surface area contributed by atoms with Crippen LogP contribution in [0.1, 0.15) is 18.4 Å². The van der Waals surface area contributed by atoms with Crippen LogP contribution >= 0.6 is 0 Å². The van der Waals surface area contributed by atoms with E-state index in [9.17, 15) is 9.90 Å². The normalized spacial score (nSPS) is 13.3. The lowest BCUT2D eigenvalue weighted by Gasteiger charge is -2.13. The smallest absolute Gasteiger partial charge is 0.315 e. The van der Waals surface area contributed by atoms with Crippen molar-refractivity contribution in [3.63, 3.8) is 0 Å². The highest BCUT2D eigenvalue weighted by Crippen LogP contribution is 2.25. The quantitative estimate of drug-likeness (QED) is 0.762. The lowest BCUT2D eigenvalue weighted by molar-refractivity contribution is -0.137. The molecule has 0 amide bonds. The molecule has 0 saturated heterocycles. The van der Waals surface area contributed by atoms with Crippen molar-refractivity contribution in [2.45, 2.75) is 12.8 Å². The Hall–Kier alpha value is -1.83. The lowest BCUT2D eigenvalue weighted by Crippen LogP contribution is -2.13. The fourth-order valence-electron chi connectivity index (χ4n) is 1.53. The number of benzene rings is 1. The molecule has 0 aromatic heterocycles. The van der Waals surface area contributed by atoms with Gasteiger partial charge in [0.2, 0.25) is 0 Å². The van der Waals surface area contributed by atoms with Crippen molar-refractivity contribution >= 4 is 5.97 Å². The zero-order chi connectivity index (χ0) is 11.3. The summed E-state index contributed by atoms with van der Waals surface area (Å²) in [5, 5.41) is 9.17. The van der Waals surface area contributed by atoms with Gasteiger partial charge in [-0.05, 0) is 18.1 Å². The van der Waals surface area contributed by atoms with Crippen molar-refractivity contribution in [3.05, 3.63) is 60.2 Å². The summed E-state index contributed by atoms with van der Waals surface area (Å²) in [6.45, 7) is 5.44. The number of rotatable bonds is 4. The predicted octanol–water partition coefficient (Wildman–Crippen LogP) is 2.99. The molecular formula is C13H14O2. The van der Waals surface area contributed by atoms with Crippen LogP contribution in [0.4, 0.5) is 0 Å². The molecule has 0 spiro atoms. The average molecular weight is 202 g/mol. The van der Waals surface area contributed by atoms with Crippen LogP contribution < -0.4 is 0 Å². The fraction of sp³-hybridized carbons (Fsp3) is 0.154. The summed E-state index contributed by atoms with van der Waals surface area (Å²) < 4.78 is 0. The van der Waals surface area contributed by atoms with Crippen LogP contribution in [0.5, 0.6) is 0 Å². The van der Waals surface area contributed by atoms with E-state index < -0.39 is 11.9 Å². The SMILES string of the molecule is C=CC(=CC)C(C(=O)O)c1ccccc1. The van der Waals surface area contributed by atoms with Crippen LogP contribution in [0.3, 0.4) is 0 Å². The molecule has 0 saturated carbocycles. The van der Waals surface area contributed by atoms with E-state index in [-0.39, 0.29) is 0 Å². The third-order valence-electron chi connectivity index (χ3n) is 2.28. The Kier molecular flexibility index (Phi) is 3.86. The van der Waals surface area contributed by atoms with Crippen LogP contribution in [0, 0.1) is 0 Å². The van der Waals surface area contributed by atoms with Crippen molar-refractivity contribution in [1.82, 2.24) is 0 Å². The van der Waals surface area contributed by atoms with Gasteiger partial charge in [-0.3, -0.25) is 4.79 Å². The maximum absolute atomic E-state index is 11.2. The van der Waals surface area contributed by atoms with Gasteiger partial charge in [0.25, 0.3) is 0 Å². The Morgan fingerprint density at radius 3 is 2.40 bits per heavy atom. The van der Waals surface area contributed by atoms with E-state index in [4.69, 9.17) is 0 Å². The van der Waals surface area contributed by atoms with Crippen LogP contribution in [-0.4, -0.2) is 11.1 Å². The summed E-state index contributed by atoms with van der Waals surface area (Å²) in [5.41, 5.74) is 1.49. The second-order valence-electron chi connectivity index (χ2n) is 3.17. The topological polar surface area (TPSA) is 37.3 Å². The molecule has 1 aromatic carbocycles. The van der Waals surface area contributed by atoms with E-state index in [1.165, 1.54) is 0 Å². The molecule has 1 aromatic rings. The molecule has 0 heterocycles. The molecule has 1 N–H and O–H groups in total. The van der Waals surface area contributed by atoms with Gasteiger partial charge in [-0.1, -0.05) is 49.1 Å². The van der Waals surface area contributed by atoms with E-state index in [2.05, 4.69) is 6.58 Å². The summed E-state index contributed by atoms with van der Waals surface area (Å²) in [5.74, 6) is -1.47. The molecule has 78 valence electrons. The number of carboxylic acid groups (broad SMARTS) is 1. The molecule has 0 aliphatic heterocycles. The highest BCUT2D eigenvalue weighted by Gasteiger charge is 2.21. The van der Waals surface area contributed by atoms with Crippen molar-refractivity contribution in [2.24, 2.45) is 0 Å². The average Bonchev–Trinajstić information content (AvgIpc) is 2.26. The van der Waals surface area contributed by atoms with Gasteiger partial charge in [-0.25, -0.2) is 0 Å². The van der Waals surface area contributed by atoms with E-state index in [1.54, 1.807) is 12.2 Å². The zero-order valence-corrected chi connectivity index (χ0v) is 8.68. The highest BCUT2D eigenvalue weighted by molar-refractivity contribution is 5.80. The molecular weight excluding hydrogens is 188 g/mol. The molecule has 0 fully saturated rings. The van der Waals surface area contributed by atoms with E-state index in [0.29, 0.717) is 5.57 Å². The van der Waals surface area contributed by atoms with E-state index >= 15 is 0 Å². The number of allylic oxidation sites excluding steroid dienone is 2. The van der Waals surface area contributed by atoms with Gasteiger partial charge in [0, 0.05) is 0 Å². The summed E-state index contributed by atoms with van der Waals surface area (Å²) in [7, 11) is 0. The van der Waals surface area contributed by atoms with Gasteiger partial charge < -0.3 is 5.11 Å². The largest absolute Gasteiger partial charge is 0.481 e. The van der Waals surface area contributed by atoms with E-state index in [0.717, 1.165) is 5.56 Å². The Morgan fingerprint density at radius 1 is 1.40 bits per heavy atom. The third kappa shape index (κ3) is 2.56. The monoisotopic (exact) mass is 202 g/mol. The minimum Gasteiger partial charge on any atom is -0.481 e. The Bertz CT molecular complexity index is 377. The Balaban J connectivity index is 3.15. The zero-order valence-electron chi connectivity index (χ0n) is 8.68. The molecule has 1 unspecified atom stereocenters. The number of hydrogen-bond donors (Lipinski definition) is 1. The standard InChI is InChI=1S/C13H14O2/c1-3-10(4-2)12(13(14)15)11-8-6-5-7-9-11/h3-9,12H,1H2,2H3,(H,14,15). The molecule has 0 bridgehead atoms. The van der Waals surface area contributed by atoms with Crippen molar-refractivity contribution in [3.8, 4) is 0 Å². The van der Waals surface area contributed by atoms with Gasteiger partial charge in [0.05, 0.1) is 0 Å². The molecule has 2 nitrogen and oxygen atoms in total. The molecule has 0 radical (unpaired) electrons. The number of carbonyl (C=O) groups is 1. The van der Waals surface area contributed by atoms with Crippen LogP contribution in [-0.2, 0) is 4.79 Å². The van der Waals surface area contributed by atoms with Gasteiger partial charge in [0.1, 0.15) is 5.92 Å². The first-order chi connectivity index (χ1) is 7.20. The Labute approximate surface area is 89.6 Å².